The largest absolute Gasteiger partial charge is 0.289 e. The molecule has 0 aromatic rings. The molecule has 5 nitrogen and oxygen atoms in total. The van der Waals surface area contributed by atoms with E-state index in [0.29, 0.717) is 13.0 Å². The number of aliphatic imine (C=N–C) groups is 1. The van der Waals surface area contributed by atoms with Crippen molar-refractivity contribution in [1.29, 1.82) is 0 Å². The molecule has 0 aliphatic carbocycles. The first kappa shape index (κ1) is 14.8. The summed E-state index contributed by atoms with van der Waals surface area (Å²) in [5.41, 5.74) is 1.61. The van der Waals surface area contributed by atoms with E-state index in [0.717, 1.165) is 44.9 Å². The Labute approximate surface area is 95.9 Å². The number of carbonyl (C=O) groups is 1. The molecular formula is C11H20N2O3. The topological polar surface area (TPSA) is 78.8 Å². The molecule has 0 radical (unpaired) electrons. The minimum absolute atomic E-state index is 0.313. The molecule has 0 saturated heterocycles. The Morgan fingerprint density at radius 1 is 1.06 bits per heavy atom. The highest BCUT2D eigenvalue weighted by molar-refractivity contribution is 5.74. The molecule has 0 heterocycles. The van der Waals surface area contributed by atoms with Crippen LogP contribution in [0.15, 0.2) is 4.99 Å². The van der Waals surface area contributed by atoms with Gasteiger partial charge in [-0.2, -0.15) is 0 Å². The van der Waals surface area contributed by atoms with Crippen LogP contribution in [0.4, 0.5) is 0 Å². The van der Waals surface area contributed by atoms with E-state index in [1.165, 1.54) is 6.08 Å². The number of amides is 1. The highest BCUT2D eigenvalue weighted by Crippen LogP contribution is 2.08. The minimum Gasteiger partial charge on any atom is -0.289 e. The molecule has 0 aliphatic rings. The van der Waals surface area contributed by atoms with Crippen molar-refractivity contribution in [2.75, 3.05) is 6.54 Å². The zero-order valence-electron chi connectivity index (χ0n) is 9.57. The molecule has 0 rings (SSSR count). The zero-order valence-corrected chi connectivity index (χ0v) is 9.57. The van der Waals surface area contributed by atoms with E-state index in [1.54, 1.807) is 5.48 Å². The van der Waals surface area contributed by atoms with Crippen LogP contribution in [0, 0.1) is 0 Å². The fourth-order valence-electron chi connectivity index (χ4n) is 1.46. The fraction of sp³-hybridized carbons (Fsp3) is 0.818. The zero-order chi connectivity index (χ0) is 12.1. The Hall–Kier alpha value is -1.19. The molecule has 0 aliphatic heterocycles. The Kier molecular flexibility index (Phi) is 11.0. The maximum Gasteiger partial charge on any atom is 0.243 e. The molecule has 1 amide bonds. The van der Waals surface area contributed by atoms with Crippen molar-refractivity contribution in [3.63, 3.8) is 0 Å². The van der Waals surface area contributed by atoms with Crippen molar-refractivity contribution >= 4 is 12.0 Å². The number of unbranched alkanes of at least 4 members (excludes halogenated alkanes) is 6. The van der Waals surface area contributed by atoms with E-state index in [9.17, 15) is 9.59 Å². The molecule has 5 heteroatoms. The lowest BCUT2D eigenvalue weighted by Crippen LogP contribution is -2.17. The smallest absolute Gasteiger partial charge is 0.243 e. The summed E-state index contributed by atoms with van der Waals surface area (Å²) in [6.45, 7) is 0.584. The number of hydrogen-bond acceptors (Lipinski definition) is 4. The van der Waals surface area contributed by atoms with Crippen LogP contribution in [0.2, 0.25) is 0 Å². The van der Waals surface area contributed by atoms with Crippen molar-refractivity contribution < 1.29 is 14.8 Å². The minimum atomic E-state index is -0.313. The van der Waals surface area contributed by atoms with Gasteiger partial charge in [0.2, 0.25) is 12.0 Å². The average Bonchev–Trinajstić information content (AvgIpc) is 2.31. The summed E-state index contributed by atoms with van der Waals surface area (Å²) in [5, 5.41) is 8.24. The van der Waals surface area contributed by atoms with E-state index in [4.69, 9.17) is 5.21 Å². The molecule has 16 heavy (non-hydrogen) atoms. The summed E-state index contributed by atoms with van der Waals surface area (Å²) in [7, 11) is 0. The predicted octanol–water partition coefficient (Wildman–Crippen LogP) is 1.95. The van der Waals surface area contributed by atoms with Crippen molar-refractivity contribution in [2.24, 2.45) is 4.99 Å². The van der Waals surface area contributed by atoms with Gasteiger partial charge in [-0.1, -0.05) is 32.1 Å². The van der Waals surface area contributed by atoms with Gasteiger partial charge in [-0.05, 0) is 12.8 Å². The van der Waals surface area contributed by atoms with Gasteiger partial charge in [-0.3, -0.25) is 10.0 Å². The van der Waals surface area contributed by atoms with Gasteiger partial charge in [0.25, 0.3) is 0 Å². The van der Waals surface area contributed by atoms with Crippen molar-refractivity contribution in [1.82, 2.24) is 5.48 Å². The molecule has 0 atom stereocenters. The van der Waals surface area contributed by atoms with Crippen LogP contribution in [0.3, 0.4) is 0 Å². The number of isocyanates is 1. The standard InChI is InChI=1S/C11H20N2O3/c14-10-12-9-7-5-3-1-2-4-6-8-11(15)13-16/h16H,1-9H2,(H,13,15). The summed E-state index contributed by atoms with van der Waals surface area (Å²) in [4.78, 5) is 23.9. The quantitative estimate of drug-likeness (QED) is 0.197. The number of nitrogens with one attached hydrogen (secondary N) is 1. The van der Waals surface area contributed by atoms with Crippen LogP contribution in [-0.2, 0) is 9.59 Å². The Morgan fingerprint density at radius 3 is 2.19 bits per heavy atom. The Balaban J connectivity index is 3.04. The molecule has 0 unspecified atom stereocenters. The van der Waals surface area contributed by atoms with Gasteiger partial charge < -0.3 is 0 Å². The van der Waals surface area contributed by atoms with Crippen molar-refractivity contribution in [3.05, 3.63) is 0 Å². The molecule has 0 fully saturated rings. The van der Waals surface area contributed by atoms with Crippen molar-refractivity contribution in [2.45, 2.75) is 51.4 Å². The summed E-state index contributed by atoms with van der Waals surface area (Å²) in [6.07, 6.45) is 9.17. The second-order valence-electron chi connectivity index (χ2n) is 3.73. The molecule has 0 aromatic carbocycles. The second kappa shape index (κ2) is 11.9. The Bertz CT molecular complexity index is 225. The highest BCUT2D eigenvalue weighted by atomic mass is 16.5. The van der Waals surface area contributed by atoms with E-state index in [2.05, 4.69) is 4.99 Å². The highest BCUT2D eigenvalue weighted by Gasteiger charge is 1.97. The van der Waals surface area contributed by atoms with Gasteiger partial charge in [0.05, 0.1) is 6.54 Å². The first-order chi connectivity index (χ1) is 7.81. The second-order valence-corrected chi connectivity index (χ2v) is 3.73. The summed E-state index contributed by atoms with van der Waals surface area (Å²) in [6, 6.07) is 0. The summed E-state index contributed by atoms with van der Waals surface area (Å²) >= 11 is 0. The first-order valence-corrected chi connectivity index (χ1v) is 5.78. The maximum absolute atomic E-state index is 10.6. The van der Waals surface area contributed by atoms with Crippen LogP contribution in [0.5, 0.6) is 0 Å². The lowest BCUT2D eigenvalue weighted by Gasteiger charge is -2.00. The van der Waals surface area contributed by atoms with E-state index >= 15 is 0 Å². The normalized spacial score (nSPS) is 9.56. The summed E-state index contributed by atoms with van der Waals surface area (Å²) < 4.78 is 0. The number of hydroxylamine groups is 1. The van der Waals surface area contributed by atoms with Crippen LogP contribution in [0.1, 0.15) is 51.4 Å². The fourth-order valence-corrected chi connectivity index (χ4v) is 1.46. The van der Waals surface area contributed by atoms with Gasteiger partial charge in [0.1, 0.15) is 0 Å². The molecule has 0 saturated carbocycles. The molecular weight excluding hydrogens is 208 g/mol. The van der Waals surface area contributed by atoms with Gasteiger partial charge in [0.15, 0.2) is 0 Å². The lowest BCUT2D eigenvalue weighted by atomic mass is 10.1. The van der Waals surface area contributed by atoms with Crippen LogP contribution < -0.4 is 5.48 Å². The van der Waals surface area contributed by atoms with E-state index < -0.39 is 0 Å². The third kappa shape index (κ3) is 10.9. The molecule has 0 spiro atoms. The number of carbonyl (C=O) groups excluding carboxylic acids is 2. The van der Waals surface area contributed by atoms with Gasteiger partial charge in [-0.25, -0.2) is 15.3 Å². The number of hydrogen-bond donors (Lipinski definition) is 2. The van der Waals surface area contributed by atoms with E-state index in [-0.39, 0.29) is 5.91 Å². The van der Waals surface area contributed by atoms with Gasteiger partial charge >= 0.3 is 0 Å². The first-order valence-electron chi connectivity index (χ1n) is 5.78. The van der Waals surface area contributed by atoms with Gasteiger partial charge in [-0.15, -0.1) is 0 Å². The Morgan fingerprint density at radius 2 is 1.62 bits per heavy atom. The average molecular weight is 228 g/mol. The number of nitrogens with zero attached hydrogens (tertiary/aromatic N) is 1. The monoisotopic (exact) mass is 228 g/mol. The maximum atomic E-state index is 10.6. The van der Waals surface area contributed by atoms with Crippen LogP contribution in [0.25, 0.3) is 0 Å². The van der Waals surface area contributed by atoms with Gasteiger partial charge in [0, 0.05) is 6.42 Å². The summed E-state index contributed by atoms with van der Waals surface area (Å²) in [5.74, 6) is -0.313. The van der Waals surface area contributed by atoms with Crippen LogP contribution in [-0.4, -0.2) is 23.7 Å². The molecule has 92 valence electrons. The third-order valence-electron chi connectivity index (χ3n) is 2.36. The molecule has 0 bridgehead atoms. The molecule has 2 N–H and O–H groups in total. The predicted molar refractivity (Wildman–Crippen MR) is 59.9 cm³/mol. The van der Waals surface area contributed by atoms with Crippen molar-refractivity contribution in [3.8, 4) is 0 Å². The lowest BCUT2D eigenvalue weighted by molar-refractivity contribution is -0.129. The third-order valence-corrected chi connectivity index (χ3v) is 2.36. The SMILES string of the molecule is O=C=NCCCCCCCCCC(=O)NO. The molecule has 0 aromatic heterocycles. The van der Waals surface area contributed by atoms with E-state index in [1.807, 2.05) is 0 Å². The van der Waals surface area contributed by atoms with Crippen LogP contribution >= 0.6 is 0 Å². The number of rotatable bonds is 10.